The first kappa shape index (κ1) is 16.5. The van der Waals surface area contributed by atoms with E-state index in [1.807, 2.05) is 43.1 Å². The molecular formula is C16H27N3O. The molecule has 0 bridgehead atoms. The van der Waals surface area contributed by atoms with Gasteiger partial charge in [-0.15, -0.1) is 0 Å². The van der Waals surface area contributed by atoms with E-state index in [2.05, 4.69) is 26.1 Å². The summed E-state index contributed by atoms with van der Waals surface area (Å²) in [6, 6.07) is 8.14. The molecule has 1 aromatic rings. The summed E-state index contributed by atoms with van der Waals surface area (Å²) in [6.07, 6.45) is 0. The maximum atomic E-state index is 12.0. The highest BCUT2D eigenvalue weighted by Gasteiger charge is 2.17. The molecule has 0 radical (unpaired) electrons. The number of hydrogen-bond donors (Lipinski definition) is 2. The van der Waals surface area contributed by atoms with Crippen LogP contribution in [0.2, 0.25) is 0 Å². The second kappa shape index (κ2) is 7.29. The molecule has 0 aliphatic rings. The van der Waals surface area contributed by atoms with Crippen LogP contribution in [0.1, 0.15) is 39.3 Å². The van der Waals surface area contributed by atoms with Gasteiger partial charge in [0.15, 0.2) is 0 Å². The predicted molar refractivity (Wildman–Crippen MR) is 84.3 cm³/mol. The number of anilines is 1. The highest BCUT2D eigenvalue weighted by molar-refractivity contribution is 5.78. The summed E-state index contributed by atoms with van der Waals surface area (Å²) >= 11 is 0. The third-order valence-electron chi connectivity index (χ3n) is 3.84. The topological polar surface area (TPSA) is 58.4 Å². The third kappa shape index (κ3) is 4.85. The van der Waals surface area contributed by atoms with Crippen molar-refractivity contribution in [3.05, 3.63) is 29.8 Å². The van der Waals surface area contributed by atoms with Crippen LogP contribution in [0.25, 0.3) is 0 Å². The molecule has 1 aromatic carbocycles. The monoisotopic (exact) mass is 277 g/mol. The van der Waals surface area contributed by atoms with Gasteiger partial charge >= 0.3 is 0 Å². The number of hydrogen-bond acceptors (Lipinski definition) is 3. The molecule has 0 aliphatic carbocycles. The molecule has 4 nitrogen and oxygen atoms in total. The maximum absolute atomic E-state index is 12.0. The zero-order valence-electron chi connectivity index (χ0n) is 13.2. The van der Waals surface area contributed by atoms with Gasteiger partial charge in [0.1, 0.15) is 0 Å². The van der Waals surface area contributed by atoms with Crippen molar-refractivity contribution in [1.29, 1.82) is 0 Å². The number of carbonyl (C=O) groups is 1. The normalized spacial score (nSPS) is 14.3. The second-order valence-corrected chi connectivity index (χ2v) is 5.86. The minimum absolute atomic E-state index is 0.0597. The minimum atomic E-state index is 0.0597. The molecule has 0 saturated carbocycles. The Kier molecular flexibility index (Phi) is 6.02. The summed E-state index contributed by atoms with van der Waals surface area (Å²) in [4.78, 5) is 14.0. The van der Waals surface area contributed by atoms with Crippen molar-refractivity contribution in [3.8, 4) is 0 Å². The summed E-state index contributed by atoms with van der Waals surface area (Å²) in [5, 5.41) is 3.02. The number of nitrogens with two attached hydrogens (primary N) is 1. The Bertz CT molecular complexity index is 445. The number of nitrogens with zero attached hydrogens (tertiary/aromatic N) is 1. The Balaban J connectivity index is 2.57. The molecule has 4 heteroatoms. The van der Waals surface area contributed by atoms with E-state index < -0.39 is 0 Å². The zero-order chi connectivity index (χ0) is 15.3. The lowest BCUT2D eigenvalue weighted by Crippen LogP contribution is -2.42. The number of carbonyl (C=O) groups excluding carboxylic acids is 1. The molecule has 2 unspecified atom stereocenters. The van der Waals surface area contributed by atoms with E-state index >= 15 is 0 Å². The van der Waals surface area contributed by atoms with E-state index in [0.717, 1.165) is 11.3 Å². The number of nitrogen functional groups attached to an aromatic ring is 1. The van der Waals surface area contributed by atoms with Crippen molar-refractivity contribution in [2.75, 3.05) is 19.3 Å². The average molecular weight is 277 g/mol. The van der Waals surface area contributed by atoms with Crippen LogP contribution in [0, 0.1) is 5.92 Å². The number of benzene rings is 1. The van der Waals surface area contributed by atoms with Gasteiger partial charge in [0.25, 0.3) is 0 Å². The molecule has 1 amide bonds. The maximum Gasteiger partial charge on any atom is 0.234 e. The fourth-order valence-corrected chi connectivity index (χ4v) is 1.90. The number of likely N-dealkylation sites (N-methyl/N-ethyl adjacent to an activating group) is 1. The molecule has 3 N–H and O–H groups in total. The highest BCUT2D eigenvalue weighted by Crippen LogP contribution is 2.20. The van der Waals surface area contributed by atoms with Gasteiger partial charge in [0, 0.05) is 17.8 Å². The van der Waals surface area contributed by atoms with Crippen molar-refractivity contribution < 1.29 is 4.79 Å². The van der Waals surface area contributed by atoms with Crippen molar-refractivity contribution in [2.24, 2.45) is 5.92 Å². The van der Waals surface area contributed by atoms with Gasteiger partial charge in [0.2, 0.25) is 5.91 Å². The Morgan fingerprint density at radius 3 is 2.50 bits per heavy atom. The van der Waals surface area contributed by atoms with E-state index in [4.69, 9.17) is 5.73 Å². The van der Waals surface area contributed by atoms with Gasteiger partial charge in [-0.1, -0.05) is 26.0 Å². The summed E-state index contributed by atoms with van der Waals surface area (Å²) < 4.78 is 0. The molecular weight excluding hydrogens is 250 g/mol. The van der Waals surface area contributed by atoms with E-state index in [1.165, 1.54) is 0 Å². The van der Waals surface area contributed by atoms with Crippen LogP contribution in [-0.2, 0) is 4.79 Å². The summed E-state index contributed by atoms with van der Waals surface area (Å²) in [7, 11) is 1.95. The molecule has 0 fully saturated rings. The van der Waals surface area contributed by atoms with Crippen molar-refractivity contribution in [3.63, 3.8) is 0 Å². The summed E-state index contributed by atoms with van der Waals surface area (Å²) in [5.74, 6) is 0.500. The Morgan fingerprint density at radius 1 is 1.30 bits per heavy atom. The fraction of sp³-hybridized carbons (Fsp3) is 0.562. The lowest BCUT2D eigenvalue weighted by Gasteiger charge is -2.26. The van der Waals surface area contributed by atoms with E-state index in [0.29, 0.717) is 12.5 Å². The summed E-state index contributed by atoms with van der Waals surface area (Å²) in [6.45, 7) is 8.69. The van der Waals surface area contributed by atoms with Crippen LogP contribution in [0.3, 0.4) is 0 Å². The lowest BCUT2D eigenvalue weighted by atomic mass is 10.1. The first-order valence-electron chi connectivity index (χ1n) is 7.16. The quantitative estimate of drug-likeness (QED) is 0.785. The van der Waals surface area contributed by atoms with Gasteiger partial charge in [-0.05, 0) is 44.5 Å². The van der Waals surface area contributed by atoms with Crippen molar-refractivity contribution in [1.82, 2.24) is 10.2 Å². The van der Waals surface area contributed by atoms with Crippen LogP contribution in [0.15, 0.2) is 24.3 Å². The Hall–Kier alpha value is -1.55. The van der Waals surface area contributed by atoms with Crippen LogP contribution < -0.4 is 11.1 Å². The fourth-order valence-electron chi connectivity index (χ4n) is 1.90. The van der Waals surface area contributed by atoms with E-state index in [-0.39, 0.29) is 18.0 Å². The average Bonchev–Trinajstić information content (AvgIpc) is 2.37. The molecule has 112 valence electrons. The first-order chi connectivity index (χ1) is 9.31. The second-order valence-electron chi connectivity index (χ2n) is 5.86. The van der Waals surface area contributed by atoms with E-state index in [9.17, 15) is 4.79 Å². The lowest BCUT2D eigenvalue weighted by molar-refractivity contribution is -0.123. The molecule has 0 spiro atoms. The van der Waals surface area contributed by atoms with Gasteiger partial charge in [-0.2, -0.15) is 0 Å². The van der Waals surface area contributed by atoms with Gasteiger partial charge in [-0.3, -0.25) is 9.69 Å². The number of amides is 1. The standard InChI is InChI=1S/C16H27N3O/c1-11(2)12(3)18-16(20)10-19(5)13(4)14-7-6-8-15(17)9-14/h6-9,11-13H,10,17H2,1-5H3,(H,18,20). The summed E-state index contributed by atoms with van der Waals surface area (Å²) in [5.41, 5.74) is 7.67. The third-order valence-corrected chi connectivity index (χ3v) is 3.84. The molecule has 0 saturated heterocycles. The Labute approximate surface area is 122 Å². The van der Waals surface area contributed by atoms with Gasteiger partial charge in [-0.25, -0.2) is 0 Å². The number of rotatable bonds is 6. The largest absolute Gasteiger partial charge is 0.399 e. The van der Waals surface area contributed by atoms with Crippen LogP contribution in [0.4, 0.5) is 5.69 Å². The Morgan fingerprint density at radius 2 is 1.95 bits per heavy atom. The molecule has 0 aliphatic heterocycles. The molecule has 1 rings (SSSR count). The molecule has 2 atom stereocenters. The van der Waals surface area contributed by atoms with Gasteiger partial charge in [0.05, 0.1) is 6.54 Å². The van der Waals surface area contributed by atoms with Crippen molar-refractivity contribution >= 4 is 11.6 Å². The van der Waals surface area contributed by atoms with Crippen LogP contribution in [-0.4, -0.2) is 30.4 Å². The smallest absolute Gasteiger partial charge is 0.234 e. The highest BCUT2D eigenvalue weighted by atomic mass is 16.2. The van der Waals surface area contributed by atoms with Gasteiger partial charge < -0.3 is 11.1 Å². The predicted octanol–water partition coefficient (Wildman–Crippen LogP) is 2.42. The number of nitrogens with one attached hydrogen (secondary N) is 1. The first-order valence-corrected chi connectivity index (χ1v) is 7.16. The SMILES string of the molecule is CC(C)C(C)NC(=O)CN(C)C(C)c1cccc(N)c1. The molecule has 0 aromatic heterocycles. The minimum Gasteiger partial charge on any atom is -0.399 e. The zero-order valence-corrected chi connectivity index (χ0v) is 13.2. The molecule has 0 heterocycles. The van der Waals surface area contributed by atoms with E-state index in [1.54, 1.807) is 0 Å². The van der Waals surface area contributed by atoms with Crippen molar-refractivity contribution in [2.45, 2.75) is 39.8 Å². The van der Waals surface area contributed by atoms with Crippen LogP contribution >= 0.6 is 0 Å². The molecule has 20 heavy (non-hydrogen) atoms. The van der Waals surface area contributed by atoms with Crippen LogP contribution in [0.5, 0.6) is 0 Å².